The van der Waals surface area contributed by atoms with E-state index in [0.717, 1.165) is 12.1 Å². The molecule has 0 unspecified atom stereocenters. The van der Waals surface area contributed by atoms with Crippen LogP contribution in [0.25, 0.3) is 0 Å². The lowest BCUT2D eigenvalue weighted by atomic mass is 10.2. The van der Waals surface area contributed by atoms with Crippen molar-refractivity contribution in [1.29, 1.82) is 0 Å². The van der Waals surface area contributed by atoms with Gasteiger partial charge in [-0.15, -0.1) is 0 Å². The Bertz CT molecular complexity index is 667. The number of carbonyl (C=O) groups excluding carboxylic acids is 1. The lowest BCUT2D eigenvalue weighted by Gasteiger charge is -2.07. The fourth-order valence-electron chi connectivity index (χ4n) is 1.50. The molecule has 0 saturated carbocycles. The van der Waals surface area contributed by atoms with E-state index in [0.29, 0.717) is 4.47 Å². The third-order valence-electron chi connectivity index (χ3n) is 2.45. The minimum absolute atomic E-state index is 0.0741. The summed E-state index contributed by atoms with van der Waals surface area (Å²) in [6.45, 7) is 0. The van der Waals surface area contributed by atoms with E-state index in [2.05, 4.69) is 15.9 Å². The van der Waals surface area contributed by atoms with Gasteiger partial charge in [-0.25, -0.2) is 14.0 Å². The van der Waals surface area contributed by atoms with Crippen LogP contribution < -0.4 is 4.74 Å². The molecule has 0 aliphatic heterocycles. The van der Waals surface area contributed by atoms with E-state index in [1.807, 2.05) is 0 Å². The second-order valence-electron chi connectivity index (χ2n) is 3.84. The highest BCUT2D eigenvalue weighted by atomic mass is 79.9. The summed E-state index contributed by atoms with van der Waals surface area (Å²) in [6.07, 6.45) is 0. The molecule has 0 radical (unpaired) electrons. The molecule has 0 aliphatic rings. The molecule has 0 aliphatic carbocycles. The number of rotatable bonds is 3. The summed E-state index contributed by atoms with van der Waals surface area (Å²) in [5, 5.41) is 9.05. The van der Waals surface area contributed by atoms with Crippen molar-refractivity contribution in [1.82, 2.24) is 0 Å². The fourth-order valence-corrected chi connectivity index (χ4v) is 1.86. The molecule has 0 heterocycles. The van der Waals surface area contributed by atoms with Crippen molar-refractivity contribution in [2.24, 2.45) is 0 Å². The van der Waals surface area contributed by atoms with Gasteiger partial charge in [-0.05, 0) is 42.5 Å². The third kappa shape index (κ3) is 3.21. The normalized spacial score (nSPS) is 10.1. The van der Waals surface area contributed by atoms with E-state index < -0.39 is 17.8 Å². The monoisotopic (exact) mass is 338 g/mol. The number of halogens is 2. The van der Waals surface area contributed by atoms with Gasteiger partial charge in [0.25, 0.3) is 0 Å². The summed E-state index contributed by atoms with van der Waals surface area (Å²) < 4.78 is 18.3. The molecule has 0 fully saturated rings. The van der Waals surface area contributed by atoms with Crippen LogP contribution >= 0.6 is 15.9 Å². The molecular formula is C14H8BrFO4. The number of hydrogen-bond acceptors (Lipinski definition) is 3. The highest BCUT2D eigenvalue weighted by Crippen LogP contribution is 2.24. The Kier molecular flexibility index (Phi) is 4.14. The van der Waals surface area contributed by atoms with Crippen molar-refractivity contribution in [2.75, 3.05) is 0 Å². The molecule has 0 spiro atoms. The first kappa shape index (κ1) is 14.2. The summed E-state index contributed by atoms with van der Waals surface area (Å²) in [5.74, 6) is -2.52. The van der Waals surface area contributed by atoms with Crippen LogP contribution in [0.5, 0.6) is 5.75 Å². The Balaban J connectivity index is 2.28. The van der Waals surface area contributed by atoms with Crippen LogP contribution in [0.15, 0.2) is 46.9 Å². The van der Waals surface area contributed by atoms with Crippen molar-refractivity contribution in [3.05, 3.63) is 63.9 Å². The molecular weight excluding hydrogens is 331 g/mol. The van der Waals surface area contributed by atoms with E-state index in [9.17, 15) is 14.0 Å². The quantitative estimate of drug-likeness (QED) is 0.687. The minimum Gasteiger partial charge on any atom is -0.478 e. The van der Waals surface area contributed by atoms with Gasteiger partial charge < -0.3 is 9.84 Å². The highest BCUT2D eigenvalue weighted by molar-refractivity contribution is 9.10. The van der Waals surface area contributed by atoms with Crippen molar-refractivity contribution in [3.63, 3.8) is 0 Å². The van der Waals surface area contributed by atoms with Crippen molar-refractivity contribution in [3.8, 4) is 5.75 Å². The van der Waals surface area contributed by atoms with Crippen molar-refractivity contribution < 1.29 is 23.8 Å². The average Bonchev–Trinajstić information content (AvgIpc) is 2.41. The van der Waals surface area contributed by atoms with Gasteiger partial charge in [0.05, 0.1) is 5.56 Å². The van der Waals surface area contributed by atoms with Crippen LogP contribution in [0, 0.1) is 5.82 Å². The number of carbonyl (C=O) groups is 2. The summed E-state index contributed by atoms with van der Waals surface area (Å²) in [5.41, 5.74) is -0.0134. The number of carboxylic acids is 1. The number of benzene rings is 2. The lowest BCUT2D eigenvalue weighted by Crippen LogP contribution is -2.11. The van der Waals surface area contributed by atoms with Gasteiger partial charge in [0, 0.05) is 4.47 Å². The predicted molar refractivity (Wildman–Crippen MR) is 72.5 cm³/mol. The first-order chi connectivity index (χ1) is 9.47. The number of aromatic carboxylic acids is 1. The standard InChI is InChI=1S/C14H8BrFO4/c15-9-3-6-12(11(7-9)13(17)18)20-14(19)8-1-4-10(16)5-2-8/h1-7H,(H,17,18). The van der Waals surface area contributed by atoms with E-state index in [-0.39, 0.29) is 16.9 Å². The maximum atomic E-state index is 12.8. The zero-order valence-electron chi connectivity index (χ0n) is 9.97. The molecule has 6 heteroatoms. The molecule has 4 nitrogen and oxygen atoms in total. The molecule has 0 atom stereocenters. The predicted octanol–water partition coefficient (Wildman–Crippen LogP) is 3.51. The third-order valence-corrected chi connectivity index (χ3v) is 2.95. The molecule has 0 bridgehead atoms. The van der Waals surface area contributed by atoms with Gasteiger partial charge in [0.15, 0.2) is 0 Å². The van der Waals surface area contributed by atoms with Crippen LogP contribution in [-0.4, -0.2) is 17.0 Å². The molecule has 20 heavy (non-hydrogen) atoms. The molecule has 0 aromatic heterocycles. The van der Waals surface area contributed by atoms with Crippen molar-refractivity contribution >= 4 is 27.9 Å². The van der Waals surface area contributed by atoms with Gasteiger partial charge in [-0.2, -0.15) is 0 Å². The maximum Gasteiger partial charge on any atom is 0.343 e. The first-order valence-corrected chi connectivity index (χ1v) is 6.27. The zero-order chi connectivity index (χ0) is 14.7. The Morgan fingerprint density at radius 3 is 2.35 bits per heavy atom. The Labute approximate surface area is 121 Å². The first-order valence-electron chi connectivity index (χ1n) is 5.48. The maximum absolute atomic E-state index is 12.8. The van der Waals surface area contributed by atoms with Crippen LogP contribution in [0.4, 0.5) is 4.39 Å². The number of esters is 1. The van der Waals surface area contributed by atoms with E-state index >= 15 is 0 Å². The number of ether oxygens (including phenoxy) is 1. The number of hydrogen-bond donors (Lipinski definition) is 1. The van der Waals surface area contributed by atoms with Crippen LogP contribution in [-0.2, 0) is 0 Å². The lowest BCUT2D eigenvalue weighted by molar-refractivity contribution is 0.0681. The SMILES string of the molecule is O=C(Oc1ccc(Br)cc1C(=O)O)c1ccc(F)cc1. The molecule has 0 amide bonds. The van der Waals surface area contributed by atoms with Crippen molar-refractivity contribution in [2.45, 2.75) is 0 Å². The molecule has 102 valence electrons. The molecule has 0 saturated heterocycles. The summed E-state index contributed by atoms with van der Waals surface area (Å²) in [6, 6.07) is 9.02. The Hall–Kier alpha value is -2.21. The van der Waals surface area contributed by atoms with Crippen LogP contribution in [0.3, 0.4) is 0 Å². The minimum atomic E-state index is -1.21. The highest BCUT2D eigenvalue weighted by Gasteiger charge is 2.16. The smallest absolute Gasteiger partial charge is 0.343 e. The van der Waals surface area contributed by atoms with Gasteiger partial charge in [-0.3, -0.25) is 0 Å². The van der Waals surface area contributed by atoms with Gasteiger partial charge in [-0.1, -0.05) is 15.9 Å². The molecule has 2 rings (SSSR count). The molecule has 1 N–H and O–H groups in total. The Morgan fingerprint density at radius 2 is 1.75 bits per heavy atom. The summed E-state index contributed by atoms with van der Waals surface area (Å²) >= 11 is 3.14. The van der Waals surface area contributed by atoms with Crippen LogP contribution in [0.1, 0.15) is 20.7 Å². The van der Waals surface area contributed by atoms with Gasteiger partial charge >= 0.3 is 11.9 Å². The summed E-state index contributed by atoms with van der Waals surface area (Å²) in [7, 11) is 0. The Morgan fingerprint density at radius 1 is 1.10 bits per heavy atom. The van der Waals surface area contributed by atoms with Gasteiger partial charge in [0.1, 0.15) is 17.1 Å². The fraction of sp³-hybridized carbons (Fsp3) is 0. The second kappa shape index (κ2) is 5.83. The van der Waals surface area contributed by atoms with Crippen LogP contribution in [0.2, 0.25) is 0 Å². The van der Waals surface area contributed by atoms with E-state index in [1.54, 1.807) is 6.07 Å². The van der Waals surface area contributed by atoms with E-state index in [4.69, 9.17) is 9.84 Å². The summed E-state index contributed by atoms with van der Waals surface area (Å²) in [4.78, 5) is 22.9. The number of carboxylic acid groups (broad SMARTS) is 1. The second-order valence-corrected chi connectivity index (χ2v) is 4.76. The molecule has 2 aromatic carbocycles. The average molecular weight is 339 g/mol. The largest absolute Gasteiger partial charge is 0.478 e. The zero-order valence-corrected chi connectivity index (χ0v) is 11.6. The van der Waals surface area contributed by atoms with E-state index in [1.165, 1.54) is 24.3 Å². The topological polar surface area (TPSA) is 63.6 Å². The van der Waals surface area contributed by atoms with Gasteiger partial charge in [0.2, 0.25) is 0 Å². The molecule has 2 aromatic rings.